The summed E-state index contributed by atoms with van der Waals surface area (Å²) in [5.74, 6) is 0.848. The van der Waals surface area contributed by atoms with Crippen LogP contribution in [0.15, 0.2) is 30.5 Å². The Kier molecular flexibility index (Phi) is 4.09. The minimum atomic E-state index is -0.251. The second kappa shape index (κ2) is 6.17. The van der Waals surface area contributed by atoms with Crippen molar-refractivity contribution in [1.29, 1.82) is 0 Å². The normalized spacial score (nSPS) is 18.3. The van der Waals surface area contributed by atoms with E-state index in [1.165, 1.54) is 0 Å². The second-order valence-electron chi connectivity index (χ2n) is 5.72. The van der Waals surface area contributed by atoms with Crippen LogP contribution in [0.25, 0.3) is 11.3 Å². The lowest BCUT2D eigenvalue weighted by Gasteiger charge is -2.21. The Labute approximate surface area is 129 Å². The van der Waals surface area contributed by atoms with Crippen molar-refractivity contribution >= 4 is 5.91 Å². The van der Waals surface area contributed by atoms with Crippen molar-refractivity contribution in [2.24, 2.45) is 0 Å². The van der Waals surface area contributed by atoms with Gasteiger partial charge in [0, 0.05) is 12.1 Å². The predicted octanol–water partition coefficient (Wildman–Crippen LogP) is 2.18. The van der Waals surface area contributed by atoms with E-state index in [1.54, 1.807) is 4.68 Å². The summed E-state index contributed by atoms with van der Waals surface area (Å²) in [6.45, 7) is 4.73. The lowest BCUT2D eigenvalue weighted by Crippen LogP contribution is -2.38. The van der Waals surface area contributed by atoms with Gasteiger partial charge >= 0.3 is 0 Å². The van der Waals surface area contributed by atoms with Gasteiger partial charge in [-0.25, -0.2) is 4.68 Å². The minimum Gasteiger partial charge on any atom is -0.491 e. The van der Waals surface area contributed by atoms with E-state index in [0.717, 1.165) is 36.4 Å². The van der Waals surface area contributed by atoms with Crippen LogP contribution >= 0.6 is 0 Å². The predicted molar refractivity (Wildman–Crippen MR) is 82.5 cm³/mol. The van der Waals surface area contributed by atoms with E-state index in [9.17, 15) is 4.79 Å². The third-order valence-electron chi connectivity index (χ3n) is 3.61. The molecule has 6 nitrogen and oxygen atoms in total. The summed E-state index contributed by atoms with van der Waals surface area (Å²) in [5, 5.41) is 11.2. The fraction of sp³-hybridized carbons (Fsp3) is 0.438. The van der Waals surface area contributed by atoms with Gasteiger partial charge in [-0.15, -0.1) is 5.10 Å². The van der Waals surface area contributed by atoms with Crippen LogP contribution in [0.1, 0.15) is 32.7 Å². The average molecular weight is 300 g/mol. The van der Waals surface area contributed by atoms with Crippen LogP contribution in [0.3, 0.4) is 0 Å². The van der Waals surface area contributed by atoms with Gasteiger partial charge in [-0.05, 0) is 51.0 Å². The van der Waals surface area contributed by atoms with Gasteiger partial charge < -0.3 is 10.1 Å². The van der Waals surface area contributed by atoms with E-state index in [-0.39, 0.29) is 18.1 Å². The molecule has 6 heteroatoms. The molecule has 1 fully saturated rings. The highest BCUT2D eigenvalue weighted by Crippen LogP contribution is 2.23. The van der Waals surface area contributed by atoms with Crippen molar-refractivity contribution in [3.8, 4) is 17.0 Å². The monoisotopic (exact) mass is 300 g/mol. The summed E-state index contributed by atoms with van der Waals surface area (Å²) in [6, 6.07) is 7.49. The molecule has 0 saturated carbocycles. The van der Waals surface area contributed by atoms with Crippen molar-refractivity contribution in [3.63, 3.8) is 0 Å². The molecule has 1 amide bonds. The molecule has 1 N–H and O–H groups in total. The van der Waals surface area contributed by atoms with Crippen LogP contribution in [0.4, 0.5) is 0 Å². The first-order valence-electron chi connectivity index (χ1n) is 7.60. The number of aromatic nitrogens is 3. The number of piperidine rings is 1. The van der Waals surface area contributed by atoms with Gasteiger partial charge in [0.25, 0.3) is 0 Å². The molecule has 0 bridgehead atoms. The number of benzene rings is 1. The van der Waals surface area contributed by atoms with Crippen molar-refractivity contribution in [3.05, 3.63) is 30.5 Å². The third-order valence-corrected chi connectivity index (χ3v) is 3.61. The summed E-state index contributed by atoms with van der Waals surface area (Å²) < 4.78 is 7.28. The Bertz CT molecular complexity index is 648. The van der Waals surface area contributed by atoms with Gasteiger partial charge in [0.1, 0.15) is 17.5 Å². The molecule has 3 rings (SSSR count). The topological polar surface area (TPSA) is 69.0 Å². The van der Waals surface area contributed by atoms with Crippen molar-refractivity contribution in [1.82, 2.24) is 20.3 Å². The highest BCUT2D eigenvalue weighted by molar-refractivity contribution is 5.80. The molecule has 1 saturated heterocycles. The quantitative estimate of drug-likeness (QED) is 0.939. The first-order valence-corrected chi connectivity index (χ1v) is 7.60. The van der Waals surface area contributed by atoms with Gasteiger partial charge in [0.15, 0.2) is 0 Å². The molecular formula is C16H20N4O2. The van der Waals surface area contributed by atoms with Crippen LogP contribution in [-0.4, -0.2) is 33.5 Å². The lowest BCUT2D eigenvalue weighted by atomic mass is 10.1. The van der Waals surface area contributed by atoms with Gasteiger partial charge in [-0.3, -0.25) is 4.79 Å². The Morgan fingerprint density at radius 3 is 2.77 bits per heavy atom. The zero-order chi connectivity index (χ0) is 15.5. The Morgan fingerprint density at radius 2 is 2.09 bits per heavy atom. The van der Waals surface area contributed by atoms with Crippen LogP contribution in [-0.2, 0) is 4.79 Å². The maximum atomic E-state index is 11.9. The first kappa shape index (κ1) is 14.6. The molecule has 2 aromatic rings. The number of ether oxygens (including phenoxy) is 1. The van der Waals surface area contributed by atoms with E-state index >= 15 is 0 Å². The van der Waals surface area contributed by atoms with E-state index in [2.05, 4.69) is 15.6 Å². The molecule has 1 aliphatic heterocycles. The SMILES string of the molecule is CC(C)Oc1ccc(-c2cn(C3CCCNC3=O)nn2)cc1. The molecule has 1 unspecified atom stereocenters. The zero-order valence-electron chi connectivity index (χ0n) is 12.8. The molecular weight excluding hydrogens is 280 g/mol. The molecule has 1 atom stereocenters. The van der Waals surface area contributed by atoms with Crippen LogP contribution in [0, 0.1) is 0 Å². The smallest absolute Gasteiger partial charge is 0.244 e. The number of nitrogens with one attached hydrogen (secondary N) is 1. The first-order chi connectivity index (χ1) is 10.6. The molecule has 1 aliphatic rings. The molecule has 0 spiro atoms. The summed E-state index contributed by atoms with van der Waals surface area (Å²) >= 11 is 0. The largest absolute Gasteiger partial charge is 0.491 e. The fourth-order valence-electron chi connectivity index (χ4n) is 2.55. The van der Waals surface area contributed by atoms with Crippen LogP contribution in [0.5, 0.6) is 5.75 Å². The molecule has 22 heavy (non-hydrogen) atoms. The molecule has 0 aliphatic carbocycles. The number of hydrogen-bond acceptors (Lipinski definition) is 4. The van der Waals surface area contributed by atoms with E-state index in [4.69, 9.17) is 4.74 Å². The van der Waals surface area contributed by atoms with Crippen molar-refractivity contribution in [2.45, 2.75) is 38.8 Å². The Morgan fingerprint density at radius 1 is 1.32 bits per heavy atom. The van der Waals surface area contributed by atoms with Crippen LogP contribution < -0.4 is 10.1 Å². The average Bonchev–Trinajstić information content (AvgIpc) is 2.97. The Balaban J connectivity index is 1.77. The molecule has 116 valence electrons. The number of hydrogen-bond donors (Lipinski definition) is 1. The van der Waals surface area contributed by atoms with Crippen LogP contribution in [0.2, 0.25) is 0 Å². The van der Waals surface area contributed by atoms with E-state index in [1.807, 2.05) is 44.3 Å². The number of rotatable bonds is 4. The maximum absolute atomic E-state index is 11.9. The third kappa shape index (κ3) is 3.10. The second-order valence-corrected chi connectivity index (χ2v) is 5.72. The summed E-state index contributed by atoms with van der Waals surface area (Å²) in [6.07, 6.45) is 3.74. The van der Waals surface area contributed by atoms with E-state index < -0.39 is 0 Å². The number of carbonyl (C=O) groups is 1. The number of amides is 1. The summed E-state index contributed by atoms with van der Waals surface area (Å²) in [4.78, 5) is 11.9. The molecule has 0 radical (unpaired) electrons. The zero-order valence-corrected chi connectivity index (χ0v) is 12.8. The molecule has 2 heterocycles. The standard InChI is InChI=1S/C16H20N4O2/c1-11(2)22-13-7-5-12(6-8-13)14-10-20(19-18-14)15-4-3-9-17-16(15)21/h5-8,10-11,15H,3-4,9H2,1-2H3,(H,17,21). The highest BCUT2D eigenvalue weighted by Gasteiger charge is 2.24. The summed E-state index contributed by atoms with van der Waals surface area (Å²) in [5.41, 5.74) is 1.72. The fourth-order valence-corrected chi connectivity index (χ4v) is 2.55. The number of carbonyl (C=O) groups excluding carboxylic acids is 1. The number of nitrogens with zero attached hydrogens (tertiary/aromatic N) is 3. The highest BCUT2D eigenvalue weighted by atomic mass is 16.5. The molecule has 1 aromatic carbocycles. The van der Waals surface area contributed by atoms with Gasteiger partial charge in [0.2, 0.25) is 5.91 Å². The van der Waals surface area contributed by atoms with Crippen molar-refractivity contribution in [2.75, 3.05) is 6.54 Å². The van der Waals surface area contributed by atoms with Gasteiger partial charge in [0.05, 0.1) is 12.3 Å². The van der Waals surface area contributed by atoms with Crippen molar-refractivity contribution < 1.29 is 9.53 Å². The van der Waals surface area contributed by atoms with E-state index in [0.29, 0.717) is 0 Å². The van der Waals surface area contributed by atoms with Gasteiger partial charge in [-0.1, -0.05) is 5.21 Å². The maximum Gasteiger partial charge on any atom is 0.244 e. The summed E-state index contributed by atoms with van der Waals surface area (Å²) in [7, 11) is 0. The van der Waals surface area contributed by atoms with Gasteiger partial charge in [-0.2, -0.15) is 0 Å². The minimum absolute atomic E-state index is 0.0170. The lowest BCUT2D eigenvalue weighted by molar-refractivity contribution is -0.126. The Hall–Kier alpha value is -2.37. The molecule has 1 aromatic heterocycles.